The number of aromatic nitrogens is 3. The van der Waals surface area contributed by atoms with Gasteiger partial charge in [0.25, 0.3) is 0 Å². The summed E-state index contributed by atoms with van der Waals surface area (Å²) in [6.45, 7) is 3.97. The number of benzene rings is 2. The van der Waals surface area contributed by atoms with Crippen molar-refractivity contribution in [3.8, 4) is 11.1 Å². The maximum atomic E-state index is 13.6. The van der Waals surface area contributed by atoms with Crippen LogP contribution in [0.25, 0.3) is 11.1 Å². The lowest BCUT2D eigenvalue weighted by Gasteiger charge is -2.33. The summed E-state index contributed by atoms with van der Waals surface area (Å²) in [7, 11) is 0. The average molecular weight is 505 g/mol. The molecule has 2 aromatic carbocycles. The lowest BCUT2D eigenvalue weighted by molar-refractivity contribution is -0.124. The van der Waals surface area contributed by atoms with E-state index in [0.29, 0.717) is 11.6 Å². The van der Waals surface area contributed by atoms with E-state index in [9.17, 15) is 4.79 Å². The monoisotopic (exact) mass is 504 g/mol. The van der Waals surface area contributed by atoms with Crippen LogP contribution in [0.2, 0.25) is 0 Å². The van der Waals surface area contributed by atoms with Crippen LogP contribution in [-0.2, 0) is 11.2 Å². The van der Waals surface area contributed by atoms with Gasteiger partial charge in [0.05, 0.1) is 11.1 Å². The van der Waals surface area contributed by atoms with Crippen LogP contribution >= 0.6 is 11.3 Å². The Labute approximate surface area is 221 Å². The standard InChI is InChI=1S/C31H28N4OS/c1-31(2,28(25-6-4-3-5-7-25)26-14-18-33-19-15-26)29(36)35-30-34-27(21-37-30)20-22-8-10-23(11-9-22)24-12-16-32-17-13-24/h3-19,21,28H,20H2,1-2H3,(H,34,35,36). The Balaban J connectivity index is 1.30. The highest BCUT2D eigenvalue weighted by atomic mass is 32.1. The molecule has 0 radical (unpaired) electrons. The molecule has 0 saturated heterocycles. The van der Waals surface area contributed by atoms with Crippen molar-refractivity contribution < 1.29 is 4.79 Å². The zero-order valence-electron chi connectivity index (χ0n) is 20.8. The van der Waals surface area contributed by atoms with Crippen LogP contribution in [0, 0.1) is 5.41 Å². The van der Waals surface area contributed by atoms with Gasteiger partial charge in [-0.1, -0.05) is 68.4 Å². The number of rotatable bonds is 8. The number of nitrogens with one attached hydrogen (secondary N) is 1. The molecule has 1 unspecified atom stereocenters. The van der Waals surface area contributed by atoms with Crippen LogP contribution in [0.5, 0.6) is 0 Å². The fourth-order valence-electron chi connectivity index (χ4n) is 4.63. The Kier molecular flexibility index (Phi) is 7.19. The molecule has 0 aliphatic rings. The highest BCUT2D eigenvalue weighted by Gasteiger charge is 2.39. The lowest BCUT2D eigenvalue weighted by atomic mass is 9.71. The third-order valence-electron chi connectivity index (χ3n) is 6.60. The van der Waals surface area contributed by atoms with E-state index >= 15 is 0 Å². The summed E-state index contributed by atoms with van der Waals surface area (Å²) >= 11 is 1.46. The first kappa shape index (κ1) is 24.5. The Bertz CT molecular complexity index is 1410. The molecule has 0 bridgehead atoms. The molecule has 5 aromatic rings. The third kappa shape index (κ3) is 5.65. The molecular formula is C31H28N4OS. The van der Waals surface area contributed by atoms with Crippen LogP contribution in [-0.4, -0.2) is 20.9 Å². The van der Waals surface area contributed by atoms with E-state index in [-0.39, 0.29) is 11.8 Å². The second-order valence-electron chi connectivity index (χ2n) is 9.55. The van der Waals surface area contributed by atoms with E-state index in [4.69, 9.17) is 4.98 Å². The van der Waals surface area contributed by atoms with Gasteiger partial charge in [-0.25, -0.2) is 4.98 Å². The number of carbonyl (C=O) groups excluding carboxylic acids is 1. The zero-order chi connectivity index (χ0) is 25.7. The van der Waals surface area contributed by atoms with E-state index in [1.165, 1.54) is 16.9 Å². The number of hydrogen-bond donors (Lipinski definition) is 1. The van der Waals surface area contributed by atoms with E-state index in [1.807, 2.05) is 61.7 Å². The van der Waals surface area contributed by atoms with Crippen LogP contribution < -0.4 is 5.32 Å². The van der Waals surface area contributed by atoms with Crippen LogP contribution in [0.4, 0.5) is 5.13 Å². The summed E-state index contributed by atoms with van der Waals surface area (Å²) in [6, 6.07) is 26.6. The van der Waals surface area contributed by atoms with Crippen molar-refractivity contribution in [3.63, 3.8) is 0 Å². The van der Waals surface area contributed by atoms with Crippen molar-refractivity contribution in [1.82, 2.24) is 15.0 Å². The lowest BCUT2D eigenvalue weighted by Crippen LogP contribution is -2.37. The molecule has 1 atom stereocenters. The highest BCUT2D eigenvalue weighted by molar-refractivity contribution is 7.13. The van der Waals surface area contributed by atoms with Crippen LogP contribution in [0.1, 0.15) is 42.1 Å². The number of hydrogen-bond acceptors (Lipinski definition) is 5. The number of anilines is 1. The molecule has 5 nitrogen and oxygen atoms in total. The highest BCUT2D eigenvalue weighted by Crippen LogP contribution is 2.41. The van der Waals surface area contributed by atoms with Gasteiger partial charge in [-0.15, -0.1) is 11.3 Å². The number of pyridine rings is 2. The number of nitrogens with zero attached hydrogens (tertiary/aromatic N) is 3. The smallest absolute Gasteiger partial charge is 0.232 e. The summed E-state index contributed by atoms with van der Waals surface area (Å²) in [5, 5.41) is 5.71. The first-order chi connectivity index (χ1) is 18.0. The molecule has 5 rings (SSSR count). The minimum absolute atomic E-state index is 0.0687. The van der Waals surface area contributed by atoms with Gasteiger partial charge in [0.1, 0.15) is 0 Å². The fourth-order valence-corrected chi connectivity index (χ4v) is 5.34. The van der Waals surface area contributed by atoms with Gasteiger partial charge in [0.2, 0.25) is 5.91 Å². The molecule has 1 amide bonds. The molecule has 0 saturated carbocycles. The maximum absolute atomic E-state index is 13.6. The molecule has 0 fully saturated rings. The predicted molar refractivity (Wildman–Crippen MR) is 150 cm³/mol. The number of thiazole rings is 1. The van der Waals surface area contributed by atoms with Crippen molar-refractivity contribution in [3.05, 3.63) is 131 Å². The van der Waals surface area contributed by atoms with Crippen LogP contribution in [0.15, 0.2) is 109 Å². The van der Waals surface area contributed by atoms with E-state index < -0.39 is 5.41 Å². The van der Waals surface area contributed by atoms with Crippen molar-refractivity contribution in [2.75, 3.05) is 5.32 Å². The topological polar surface area (TPSA) is 67.8 Å². The summed E-state index contributed by atoms with van der Waals surface area (Å²) in [6.07, 6.45) is 7.85. The second-order valence-corrected chi connectivity index (χ2v) is 10.4. The molecule has 0 spiro atoms. The van der Waals surface area contributed by atoms with Crippen molar-refractivity contribution in [2.24, 2.45) is 5.41 Å². The molecule has 3 aromatic heterocycles. The second kappa shape index (κ2) is 10.8. The molecule has 0 aliphatic carbocycles. The fraction of sp³-hybridized carbons (Fsp3) is 0.161. The molecule has 184 valence electrons. The Hall–Kier alpha value is -4.16. The molecule has 37 heavy (non-hydrogen) atoms. The van der Waals surface area contributed by atoms with Crippen molar-refractivity contribution in [1.29, 1.82) is 0 Å². The molecule has 1 N–H and O–H groups in total. The summed E-state index contributed by atoms with van der Waals surface area (Å²) in [4.78, 5) is 26.6. The van der Waals surface area contributed by atoms with E-state index in [0.717, 1.165) is 27.9 Å². The van der Waals surface area contributed by atoms with Crippen molar-refractivity contribution >= 4 is 22.4 Å². The third-order valence-corrected chi connectivity index (χ3v) is 7.41. The van der Waals surface area contributed by atoms with Crippen molar-refractivity contribution in [2.45, 2.75) is 26.2 Å². The molecule has 3 heterocycles. The number of amides is 1. The first-order valence-corrected chi connectivity index (χ1v) is 13.1. The summed E-state index contributed by atoms with van der Waals surface area (Å²) < 4.78 is 0. The Morgan fingerprint density at radius 2 is 1.41 bits per heavy atom. The minimum Gasteiger partial charge on any atom is -0.301 e. The summed E-state index contributed by atoms with van der Waals surface area (Å²) in [5.41, 5.74) is 5.81. The average Bonchev–Trinajstić information content (AvgIpc) is 3.37. The minimum atomic E-state index is -0.725. The van der Waals surface area contributed by atoms with Gasteiger partial charge in [0.15, 0.2) is 5.13 Å². The van der Waals surface area contributed by atoms with Gasteiger partial charge < -0.3 is 5.32 Å². The van der Waals surface area contributed by atoms with Gasteiger partial charge in [0, 0.05) is 42.5 Å². The Morgan fingerprint density at radius 1 is 0.811 bits per heavy atom. The number of carbonyl (C=O) groups is 1. The zero-order valence-corrected chi connectivity index (χ0v) is 21.7. The van der Waals surface area contributed by atoms with Gasteiger partial charge in [-0.2, -0.15) is 0 Å². The van der Waals surface area contributed by atoms with Crippen LogP contribution in [0.3, 0.4) is 0 Å². The predicted octanol–water partition coefficient (Wildman–Crippen LogP) is 6.99. The first-order valence-electron chi connectivity index (χ1n) is 12.2. The SMILES string of the molecule is CC(C)(C(=O)Nc1nc(Cc2ccc(-c3ccncc3)cc2)cs1)C(c1ccccc1)c1ccncc1. The van der Waals surface area contributed by atoms with Gasteiger partial charge >= 0.3 is 0 Å². The van der Waals surface area contributed by atoms with Gasteiger partial charge in [-0.05, 0) is 52.1 Å². The van der Waals surface area contributed by atoms with E-state index in [2.05, 4.69) is 51.7 Å². The van der Waals surface area contributed by atoms with Gasteiger partial charge in [-0.3, -0.25) is 14.8 Å². The molecular weight excluding hydrogens is 476 g/mol. The van der Waals surface area contributed by atoms with E-state index in [1.54, 1.807) is 24.8 Å². The quantitative estimate of drug-likeness (QED) is 0.247. The maximum Gasteiger partial charge on any atom is 0.232 e. The largest absolute Gasteiger partial charge is 0.301 e. The molecule has 6 heteroatoms. The molecule has 0 aliphatic heterocycles. The Morgan fingerprint density at radius 3 is 2.08 bits per heavy atom. The normalized spacial score (nSPS) is 12.2. The summed E-state index contributed by atoms with van der Waals surface area (Å²) in [5.74, 6) is -0.198.